The molecule has 100 valence electrons. The smallest absolute Gasteiger partial charge is 0.260 e. The maximum Gasteiger partial charge on any atom is 0.260 e. The van der Waals surface area contributed by atoms with Gasteiger partial charge in [-0.15, -0.1) is 11.3 Å². The fraction of sp³-hybridized carbons (Fsp3) is 0.286. The van der Waals surface area contributed by atoms with E-state index in [2.05, 4.69) is 10.3 Å². The standard InChI is InChI=1S/C14H16N2O2S/c1-9(2)18-12-7-5-4-6-11(12)13(17)16-14-10(3)15-8-19-14/h4-9H,1-3H3,(H,16,17). The third-order valence-corrected chi connectivity index (χ3v) is 3.31. The second kappa shape index (κ2) is 5.84. The Kier molecular flexibility index (Phi) is 4.16. The molecule has 1 amide bonds. The van der Waals surface area contributed by atoms with Crippen molar-refractivity contribution in [2.24, 2.45) is 0 Å². The quantitative estimate of drug-likeness (QED) is 0.930. The summed E-state index contributed by atoms with van der Waals surface area (Å²) < 4.78 is 5.64. The highest BCUT2D eigenvalue weighted by Crippen LogP contribution is 2.23. The minimum Gasteiger partial charge on any atom is -0.490 e. The zero-order valence-electron chi connectivity index (χ0n) is 11.1. The van der Waals surface area contributed by atoms with Crippen LogP contribution in [0.25, 0.3) is 0 Å². The number of carbonyl (C=O) groups is 1. The third kappa shape index (κ3) is 3.32. The van der Waals surface area contributed by atoms with Gasteiger partial charge >= 0.3 is 0 Å². The molecule has 0 aliphatic rings. The molecule has 0 bridgehead atoms. The molecule has 0 unspecified atom stereocenters. The van der Waals surface area contributed by atoms with E-state index in [-0.39, 0.29) is 12.0 Å². The SMILES string of the molecule is Cc1ncsc1NC(=O)c1ccccc1OC(C)C. The van der Waals surface area contributed by atoms with Crippen molar-refractivity contribution in [2.45, 2.75) is 26.9 Å². The average Bonchev–Trinajstić information content (AvgIpc) is 2.75. The maximum atomic E-state index is 12.3. The van der Waals surface area contributed by atoms with Crippen LogP contribution >= 0.6 is 11.3 Å². The summed E-state index contributed by atoms with van der Waals surface area (Å²) in [6.45, 7) is 5.73. The van der Waals surface area contributed by atoms with E-state index in [1.807, 2.05) is 32.9 Å². The van der Waals surface area contributed by atoms with Crippen molar-refractivity contribution in [3.63, 3.8) is 0 Å². The van der Waals surface area contributed by atoms with Gasteiger partial charge in [-0.1, -0.05) is 12.1 Å². The average molecular weight is 276 g/mol. The van der Waals surface area contributed by atoms with Gasteiger partial charge in [0.1, 0.15) is 10.8 Å². The number of carbonyl (C=O) groups excluding carboxylic acids is 1. The van der Waals surface area contributed by atoms with Crippen LogP contribution in [-0.2, 0) is 0 Å². The number of ether oxygens (including phenoxy) is 1. The molecule has 1 aromatic heterocycles. The number of hydrogen-bond donors (Lipinski definition) is 1. The number of anilines is 1. The van der Waals surface area contributed by atoms with Gasteiger partial charge < -0.3 is 10.1 Å². The molecule has 0 saturated carbocycles. The van der Waals surface area contributed by atoms with E-state index in [1.54, 1.807) is 17.6 Å². The fourth-order valence-corrected chi connectivity index (χ4v) is 2.29. The molecule has 4 nitrogen and oxygen atoms in total. The fourth-order valence-electron chi connectivity index (χ4n) is 1.60. The number of aryl methyl sites for hydroxylation is 1. The Labute approximate surface area is 116 Å². The summed E-state index contributed by atoms with van der Waals surface area (Å²) in [6.07, 6.45) is 0.0269. The molecule has 0 spiro atoms. The van der Waals surface area contributed by atoms with Crippen molar-refractivity contribution in [1.29, 1.82) is 0 Å². The Balaban J connectivity index is 2.21. The number of benzene rings is 1. The van der Waals surface area contributed by atoms with E-state index in [4.69, 9.17) is 4.74 Å². The molecular weight excluding hydrogens is 260 g/mol. The van der Waals surface area contributed by atoms with Crippen LogP contribution in [0.2, 0.25) is 0 Å². The van der Waals surface area contributed by atoms with E-state index in [0.717, 1.165) is 10.7 Å². The van der Waals surface area contributed by atoms with Gasteiger partial charge in [0.05, 0.1) is 22.9 Å². The van der Waals surface area contributed by atoms with Crippen molar-refractivity contribution in [1.82, 2.24) is 4.98 Å². The molecule has 0 fully saturated rings. The number of amides is 1. The number of nitrogens with one attached hydrogen (secondary N) is 1. The van der Waals surface area contributed by atoms with Gasteiger partial charge in [0.2, 0.25) is 0 Å². The highest BCUT2D eigenvalue weighted by atomic mass is 32.1. The van der Waals surface area contributed by atoms with E-state index in [0.29, 0.717) is 11.3 Å². The minimum absolute atomic E-state index is 0.0269. The van der Waals surface area contributed by atoms with Gasteiger partial charge in [-0.25, -0.2) is 4.98 Å². The zero-order valence-corrected chi connectivity index (χ0v) is 12.0. The molecule has 1 aromatic carbocycles. The van der Waals surface area contributed by atoms with Crippen molar-refractivity contribution < 1.29 is 9.53 Å². The highest BCUT2D eigenvalue weighted by Gasteiger charge is 2.14. The summed E-state index contributed by atoms with van der Waals surface area (Å²) in [5, 5.41) is 3.63. The van der Waals surface area contributed by atoms with Crippen molar-refractivity contribution in [3.8, 4) is 5.75 Å². The first kappa shape index (κ1) is 13.5. The monoisotopic (exact) mass is 276 g/mol. The molecule has 2 rings (SSSR count). The topological polar surface area (TPSA) is 51.2 Å². The molecule has 2 aromatic rings. The molecule has 5 heteroatoms. The lowest BCUT2D eigenvalue weighted by Gasteiger charge is -2.13. The summed E-state index contributed by atoms with van der Waals surface area (Å²) in [4.78, 5) is 16.4. The normalized spacial score (nSPS) is 10.5. The van der Waals surface area contributed by atoms with Crippen LogP contribution in [-0.4, -0.2) is 17.0 Å². The second-order valence-electron chi connectivity index (χ2n) is 4.38. The lowest BCUT2D eigenvalue weighted by Crippen LogP contribution is -2.15. The van der Waals surface area contributed by atoms with Gasteiger partial charge in [0.15, 0.2) is 0 Å². The molecule has 0 saturated heterocycles. The van der Waals surface area contributed by atoms with Crippen LogP contribution in [0.4, 0.5) is 5.00 Å². The van der Waals surface area contributed by atoms with E-state index >= 15 is 0 Å². The lowest BCUT2D eigenvalue weighted by molar-refractivity contribution is 0.102. The van der Waals surface area contributed by atoms with Crippen molar-refractivity contribution in [3.05, 3.63) is 41.0 Å². The lowest BCUT2D eigenvalue weighted by atomic mass is 10.2. The largest absolute Gasteiger partial charge is 0.490 e. The van der Waals surface area contributed by atoms with Gasteiger partial charge in [-0.05, 0) is 32.9 Å². The minimum atomic E-state index is -0.177. The first-order chi connectivity index (χ1) is 9.08. The van der Waals surface area contributed by atoms with Crippen molar-refractivity contribution in [2.75, 3.05) is 5.32 Å². The highest BCUT2D eigenvalue weighted by molar-refractivity contribution is 7.14. The van der Waals surface area contributed by atoms with Crippen LogP contribution in [0.3, 0.4) is 0 Å². The summed E-state index contributed by atoms with van der Waals surface area (Å²) in [6, 6.07) is 7.23. The Bertz CT molecular complexity index is 578. The van der Waals surface area contributed by atoms with Crippen LogP contribution < -0.4 is 10.1 Å². The maximum absolute atomic E-state index is 12.3. The van der Waals surface area contributed by atoms with E-state index < -0.39 is 0 Å². The Hall–Kier alpha value is -1.88. The van der Waals surface area contributed by atoms with Crippen LogP contribution in [0.1, 0.15) is 29.9 Å². The van der Waals surface area contributed by atoms with Gasteiger partial charge in [-0.3, -0.25) is 4.79 Å². The van der Waals surface area contributed by atoms with E-state index in [1.165, 1.54) is 11.3 Å². The number of nitrogens with zero attached hydrogens (tertiary/aromatic N) is 1. The van der Waals surface area contributed by atoms with Gasteiger partial charge in [0.25, 0.3) is 5.91 Å². The zero-order chi connectivity index (χ0) is 13.8. The number of aromatic nitrogens is 1. The first-order valence-electron chi connectivity index (χ1n) is 6.05. The van der Waals surface area contributed by atoms with Crippen LogP contribution in [0.15, 0.2) is 29.8 Å². The van der Waals surface area contributed by atoms with Gasteiger partial charge in [0, 0.05) is 0 Å². The predicted molar refractivity (Wildman–Crippen MR) is 77.0 cm³/mol. The molecule has 0 radical (unpaired) electrons. The first-order valence-corrected chi connectivity index (χ1v) is 6.93. The summed E-state index contributed by atoms with van der Waals surface area (Å²) in [5.41, 5.74) is 3.06. The van der Waals surface area contributed by atoms with Crippen molar-refractivity contribution >= 4 is 22.2 Å². The molecule has 19 heavy (non-hydrogen) atoms. The number of thiazole rings is 1. The summed E-state index contributed by atoms with van der Waals surface area (Å²) in [7, 11) is 0. The number of para-hydroxylation sites is 1. The third-order valence-electron chi connectivity index (χ3n) is 2.47. The van der Waals surface area contributed by atoms with E-state index in [9.17, 15) is 4.79 Å². The Morgan fingerprint density at radius 2 is 2.11 bits per heavy atom. The number of hydrogen-bond acceptors (Lipinski definition) is 4. The summed E-state index contributed by atoms with van der Waals surface area (Å²) >= 11 is 1.41. The molecule has 0 atom stereocenters. The molecule has 0 aliphatic heterocycles. The molecule has 0 aliphatic carbocycles. The molecule has 1 N–H and O–H groups in total. The Morgan fingerprint density at radius 1 is 1.37 bits per heavy atom. The second-order valence-corrected chi connectivity index (χ2v) is 5.24. The number of rotatable bonds is 4. The molecule has 1 heterocycles. The Morgan fingerprint density at radius 3 is 2.74 bits per heavy atom. The predicted octanol–water partition coefficient (Wildman–Crippen LogP) is 3.49. The van der Waals surface area contributed by atoms with Gasteiger partial charge in [-0.2, -0.15) is 0 Å². The van der Waals surface area contributed by atoms with Crippen LogP contribution in [0, 0.1) is 6.92 Å². The summed E-state index contributed by atoms with van der Waals surface area (Å²) in [5.74, 6) is 0.417. The van der Waals surface area contributed by atoms with Crippen LogP contribution in [0.5, 0.6) is 5.75 Å². The molecular formula is C14H16N2O2S.